The number of nitrogens with zero attached hydrogens (tertiary/aromatic N) is 2. The van der Waals surface area contributed by atoms with Crippen LogP contribution in [0.25, 0.3) is 0 Å². The molecule has 18 heavy (non-hydrogen) atoms. The Morgan fingerprint density at radius 1 is 1.39 bits per heavy atom. The molecule has 1 unspecified atom stereocenters. The van der Waals surface area contributed by atoms with Gasteiger partial charge >= 0.3 is 0 Å². The Hall–Kier alpha value is -1.82. The zero-order chi connectivity index (χ0) is 13.0. The van der Waals surface area contributed by atoms with Crippen LogP contribution in [-0.2, 0) is 6.42 Å². The molecule has 0 saturated carbocycles. The van der Waals surface area contributed by atoms with Gasteiger partial charge in [-0.15, -0.1) is 0 Å². The summed E-state index contributed by atoms with van der Waals surface area (Å²) in [6.45, 7) is 2.39. The highest BCUT2D eigenvalue weighted by Gasteiger charge is 2.13. The normalized spacial score (nSPS) is 12.6. The molecule has 2 aromatic rings. The van der Waals surface area contributed by atoms with Crippen LogP contribution in [0, 0.1) is 11.6 Å². The second-order valence-electron chi connectivity index (χ2n) is 4.00. The Kier molecular flexibility index (Phi) is 3.99. The van der Waals surface area contributed by atoms with Crippen molar-refractivity contribution in [1.29, 1.82) is 0 Å². The van der Waals surface area contributed by atoms with Crippen LogP contribution in [0.4, 0.5) is 8.78 Å². The van der Waals surface area contributed by atoms with Crippen molar-refractivity contribution in [1.82, 2.24) is 20.5 Å². The number of nitrogens with one attached hydrogen (secondary N) is 2. The van der Waals surface area contributed by atoms with E-state index in [9.17, 15) is 8.78 Å². The fourth-order valence-electron chi connectivity index (χ4n) is 1.72. The molecule has 4 nitrogen and oxygen atoms in total. The van der Waals surface area contributed by atoms with E-state index in [2.05, 4.69) is 20.5 Å². The number of hydrogen-bond acceptors (Lipinski definition) is 3. The van der Waals surface area contributed by atoms with Gasteiger partial charge in [0.1, 0.15) is 12.2 Å². The molecular weight excluding hydrogens is 238 g/mol. The number of benzene rings is 1. The molecule has 1 aromatic heterocycles. The molecule has 0 aliphatic rings. The fraction of sp³-hybridized carbons (Fsp3) is 0.333. The fourth-order valence-corrected chi connectivity index (χ4v) is 1.72. The zero-order valence-corrected chi connectivity index (χ0v) is 9.95. The Morgan fingerprint density at radius 2 is 2.22 bits per heavy atom. The van der Waals surface area contributed by atoms with E-state index in [1.807, 2.05) is 0 Å². The molecule has 0 aliphatic heterocycles. The van der Waals surface area contributed by atoms with Crippen molar-refractivity contribution in [3.05, 3.63) is 47.5 Å². The van der Waals surface area contributed by atoms with E-state index in [1.165, 1.54) is 12.4 Å². The van der Waals surface area contributed by atoms with Gasteiger partial charge in [-0.2, -0.15) is 5.10 Å². The first-order chi connectivity index (χ1) is 8.68. The summed E-state index contributed by atoms with van der Waals surface area (Å²) in [7, 11) is 0. The molecule has 0 amide bonds. The molecule has 0 aliphatic carbocycles. The predicted molar refractivity (Wildman–Crippen MR) is 62.9 cm³/mol. The maximum absolute atomic E-state index is 13.5. The number of hydrogen-bond donors (Lipinski definition) is 2. The lowest BCUT2D eigenvalue weighted by Gasteiger charge is -2.14. The lowest BCUT2D eigenvalue weighted by Crippen LogP contribution is -2.22. The molecular formula is C12H14F2N4. The van der Waals surface area contributed by atoms with Crippen LogP contribution >= 0.6 is 0 Å². The lowest BCUT2D eigenvalue weighted by molar-refractivity contribution is 0.473. The van der Waals surface area contributed by atoms with Crippen molar-refractivity contribution in [2.45, 2.75) is 19.4 Å². The molecule has 2 rings (SSSR count). The highest BCUT2D eigenvalue weighted by molar-refractivity contribution is 5.21. The molecule has 1 aromatic carbocycles. The summed E-state index contributed by atoms with van der Waals surface area (Å²) in [5.41, 5.74) is 0.326. The third-order valence-electron chi connectivity index (χ3n) is 2.73. The van der Waals surface area contributed by atoms with Gasteiger partial charge in [0.2, 0.25) is 0 Å². The quantitative estimate of drug-likeness (QED) is 0.855. The number of H-pyrrole nitrogens is 1. The predicted octanol–water partition coefficient (Wildman–Crippen LogP) is 1.98. The molecule has 6 heteroatoms. The maximum atomic E-state index is 13.5. The van der Waals surface area contributed by atoms with Gasteiger partial charge in [-0.05, 0) is 13.0 Å². The Balaban J connectivity index is 1.91. The summed E-state index contributed by atoms with van der Waals surface area (Å²) >= 11 is 0. The summed E-state index contributed by atoms with van der Waals surface area (Å²) in [4.78, 5) is 3.98. The van der Waals surface area contributed by atoms with Crippen molar-refractivity contribution >= 4 is 0 Å². The average Bonchev–Trinajstić information content (AvgIpc) is 2.85. The van der Waals surface area contributed by atoms with E-state index in [0.717, 1.165) is 11.9 Å². The van der Waals surface area contributed by atoms with E-state index < -0.39 is 11.6 Å². The van der Waals surface area contributed by atoms with Crippen LogP contribution in [0.5, 0.6) is 0 Å². The van der Waals surface area contributed by atoms with Crippen LogP contribution in [0.3, 0.4) is 0 Å². The summed E-state index contributed by atoms with van der Waals surface area (Å²) < 4.78 is 26.6. The minimum Gasteiger partial charge on any atom is -0.310 e. The van der Waals surface area contributed by atoms with Crippen molar-refractivity contribution in [2.75, 3.05) is 6.54 Å². The SMILES string of the molecule is CC(NCCc1ncn[nH]1)c1cccc(F)c1F. The summed E-state index contributed by atoms with van der Waals surface area (Å²) in [6, 6.07) is 3.93. The molecule has 0 spiro atoms. The van der Waals surface area contributed by atoms with Crippen LogP contribution in [0.2, 0.25) is 0 Å². The second kappa shape index (κ2) is 5.68. The second-order valence-corrected chi connectivity index (χ2v) is 4.00. The standard InChI is InChI=1S/C12H14F2N4/c1-8(9-3-2-4-10(13)12(9)14)15-6-5-11-16-7-17-18-11/h2-4,7-8,15H,5-6H2,1H3,(H,16,17,18). The van der Waals surface area contributed by atoms with Gasteiger partial charge in [-0.25, -0.2) is 13.8 Å². The molecule has 1 atom stereocenters. The first kappa shape index (κ1) is 12.6. The van der Waals surface area contributed by atoms with E-state index >= 15 is 0 Å². The minimum atomic E-state index is -0.823. The van der Waals surface area contributed by atoms with Crippen molar-refractivity contribution in [2.24, 2.45) is 0 Å². The van der Waals surface area contributed by atoms with Gasteiger partial charge in [-0.1, -0.05) is 12.1 Å². The van der Waals surface area contributed by atoms with Crippen LogP contribution in [0.1, 0.15) is 24.4 Å². The third-order valence-corrected chi connectivity index (χ3v) is 2.73. The molecule has 0 bridgehead atoms. The average molecular weight is 252 g/mol. The number of rotatable bonds is 5. The largest absolute Gasteiger partial charge is 0.310 e. The molecule has 0 fully saturated rings. The van der Waals surface area contributed by atoms with Gasteiger partial charge in [-0.3, -0.25) is 5.10 Å². The molecule has 0 saturated heterocycles. The molecule has 0 radical (unpaired) electrons. The van der Waals surface area contributed by atoms with E-state index in [1.54, 1.807) is 13.0 Å². The van der Waals surface area contributed by atoms with Gasteiger partial charge in [0, 0.05) is 24.6 Å². The van der Waals surface area contributed by atoms with Crippen molar-refractivity contribution in [3.63, 3.8) is 0 Å². The summed E-state index contributed by atoms with van der Waals surface area (Å²) in [5, 5.41) is 9.58. The minimum absolute atomic E-state index is 0.261. The van der Waals surface area contributed by atoms with Gasteiger partial charge < -0.3 is 5.32 Å². The number of aromatic nitrogens is 3. The summed E-state index contributed by atoms with van der Waals surface area (Å²) in [5.74, 6) is -0.858. The Bertz CT molecular complexity index is 499. The van der Waals surface area contributed by atoms with Gasteiger partial charge in [0.15, 0.2) is 11.6 Å². The smallest absolute Gasteiger partial charge is 0.163 e. The Labute approximate surface area is 103 Å². The van der Waals surface area contributed by atoms with Gasteiger partial charge in [0.25, 0.3) is 0 Å². The van der Waals surface area contributed by atoms with Crippen molar-refractivity contribution in [3.8, 4) is 0 Å². The molecule has 96 valence electrons. The highest BCUT2D eigenvalue weighted by atomic mass is 19.2. The Morgan fingerprint density at radius 3 is 2.94 bits per heavy atom. The van der Waals surface area contributed by atoms with Crippen LogP contribution in [0.15, 0.2) is 24.5 Å². The molecule has 1 heterocycles. The van der Waals surface area contributed by atoms with Crippen molar-refractivity contribution < 1.29 is 8.78 Å². The topological polar surface area (TPSA) is 53.6 Å². The van der Waals surface area contributed by atoms with E-state index in [-0.39, 0.29) is 6.04 Å². The van der Waals surface area contributed by atoms with Crippen LogP contribution < -0.4 is 5.32 Å². The van der Waals surface area contributed by atoms with E-state index in [4.69, 9.17) is 0 Å². The monoisotopic (exact) mass is 252 g/mol. The first-order valence-electron chi connectivity index (χ1n) is 5.70. The highest BCUT2D eigenvalue weighted by Crippen LogP contribution is 2.18. The van der Waals surface area contributed by atoms with Crippen LogP contribution in [-0.4, -0.2) is 21.7 Å². The van der Waals surface area contributed by atoms with Gasteiger partial charge in [0.05, 0.1) is 0 Å². The molecule has 2 N–H and O–H groups in total. The lowest BCUT2D eigenvalue weighted by atomic mass is 10.1. The maximum Gasteiger partial charge on any atom is 0.163 e. The van der Waals surface area contributed by atoms with E-state index in [0.29, 0.717) is 18.5 Å². The number of aromatic amines is 1. The summed E-state index contributed by atoms with van der Waals surface area (Å²) in [6.07, 6.45) is 2.09. The first-order valence-corrected chi connectivity index (χ1v) is 5.70. The zero-order valence-electron chi connectivity index (χ0n) is 9.95. The third kappa shape index (κ3) is 2.89. The number of halogens is 2.